The summed E-state index contributed by atoms with van der Waals surface area (Å²) in [6, 6.07) is 0. The van der Waals surface area contributed by atoms with Crippen molar-refractivity contribution in [3.05, 3.63) is 0 Å². The topological polar surface area (TPSA) is 126 Å². The molecule has 0 fully saturated rings. The first-order chi connectivity index (χ1) is 4.00. The summed E-state index contributed by atoms with van der Waals surface area (Å²) < 4.78 is 37.1. The van der Waals surface area contributed by atoms with Gasteiger partial charge in [0.1, 0.15) is 15.8 Å². The summed E-state index contributed by atoms with van der Waals surface area (Å²) in [5.41, 5.74) is 0. The van der Waals surface area contributed by atoms with Crippen LogP contribution in [-0.2, 0) is 27.7 Å². The van der Waals surface area contributed by atoms with Crippen molar-refractivity contribution in [3.63, 3.8) is 0 Å². The molecule has 0 N–H and O–H groups in total. The molecular weight excluding hydrogens is 270 g/mol. The third kappa shape index (κ3) is 446. The van der Waals surface area contributed by atoms with Gasteiger partial charge in [0.05, 0.1) is 0 Å². The van der Waals surface area contributed by atoms with Crippen molar-refractivity contribution in [2.24, 2.45) is 0 Å². The molecule has 0 aliphatic carbocycles. The molecule has 0 amide bonds. The van der Waals surface area contributed by atoms with Crippen molar-refractivity contribution in [2.45, 2.75) is 0 Å². The maximum Gasteiger partial charge on any atom is 3.00 e. The Morgan fingerprint density at radius 2 is 0.833 bits per heavy atom. The maximum absolute atomic E-state index is 10.1. The molecule has 0 saturated carbocycles. The summed E-state index contributed by atoms with van der Waals surface area (Å²) in [7, 11) is -11.3. The van der Waals surface area contributed by atoms with Crippen molar-refractivity contribution >= 4 is 15.8 Å². The Labute approximate surface area is 100 Å². The third-order valence-electron chi connectivity index (χ3n) is 0. The minimum atomic E-state index is -5.64. The van der Waals surface area contributed by atoms with E-state index in [-0.39, 0.29) is 48.1 Å². The minimum Gasteiger partial charge on any atom is -0.786 e. The van der Waals surface area contributed by atoms with Crippen LogP contribution in [0, 0.1) is 0 Å². The Morgan fingerprint density at radius 1 is 0.833 bits per heavy atom. The third-order valence-corrected chi connectivity index (χ3v) is 0. The van der Waals surface area contributed by atoms with Crippen LogP contribution in [0.25, 0.3) is 0 Å². The van der Waals surface area contributed by atoms with Crippen molar-refractivity contribution in [3.8, 4) is 0 Å². The summed E-state index contributed by atoms with van der Waals surface area (Å²) in [5, 5.41) is 0. The normalized spacial score (nSPS) is 9.83. The zero-order valence-corrected chi connectivity index (χ0v) is 10.7. The Morgan fingerprint density at radius 3 is 0.833 bits per heavy atom. The van der Waals surface area contributed by atoms with Crippen molar-refractivity contribution in [1.29, 1.82) is 0 Å². The Balaban J connectivity index is -0.0000000457. The van der Waals surface area contributed by atoms with Crippen LogP contribution in [-0.4, -0.2) is 0 Å². The fourth-order valence-corrected chi connectivity index (χ4v) is 0. The average Bonchev–Trinajstić information content (AvgIpc) is 1.12. The van der Waals surface area contributed by atoms with E-state index in [0.717, 1.165) is 0 Å². The molecule has 6 nitrogen and oxygen atoms in total. The van der Waals surface area contributed by atoms with Gasteiger partial charge in [-0.15, -0.1) is 0 Å². The smallest absolute Gasteiger partial charge is 0.786 e. The quantitative estimate of drug-likeness (QED) is 0.319. The van der Waals surface area contributed by atoms with Crippen LogP contribution in [0.3, 0.4) is 0 Å². The van der Waals surface area contributed by atoms with Crippen LogP contribution in [0.2, 0.25) is 0 Å². The van der Waals surface area contributed by atoms with Gasteiger partial charge in [-0.3, -0.25) is 0 Å². The molecule has 0 bridgehead atoms. The molecule has 66 valence electrons. The zero-order valence-electron chi connectivity index (χ0n) is 5.55. The molecule has 0 aromatic heterocycles. The number of halogens is 2. The van der Waals surface area contributed by atoms with E-state index < -0.39 is 15.8 Å². The molecule has 12 heteroatoms. The second-order valence-corrected chi connectivity index (χ2v) is 2.58. The van der Waals surface area contributed by atoms with E-state index >= 15 is 0 Å². The fourth-order valence-electron chi connectivity index (χ4n) is 0. The summed E-state index contributed by atoms with van der Waals surface area (Å²) in [5.74, 6) is 0. The largest absolute Gasteiger partial charge is 3.00 e. The summed E-state index contributed by atoms with van der Waals surface area (Å²) in [6.45, 7) is 0. The van der Waals surface area contributed by atoms with E-state index in [1.165, 1.54) is 0 Å². The average molecular weight is 270 g/mol. The molecule has 0 rings (SSSR count). The van der Waals surface area contributed by atoms with Gasteiger partial charge in [-0.25, -0.2) is 8.39 Å². The fraction of sp³-hybridized carbons (Fsp3) is 0. The molecule has 0 heterocycles. The molecule has 0 atom stereocenters. The van der Waals surface area contributed by atoms with E-state index in [1.54, 1.807) is 0 Å². The minimum absolute atomic E-state index is 0. The van der Waals surface area contributed by atoms with Gasteiger partial charge >= 0.3 is 48.1 Å². The van der Waals surface area contributed by atoms with Crippen molar-refractivity contribution in [2.75, 3.05) is 0 Å². The van der Waals surface area contributed by atoms with Crippen molar-refractivity contribution in [1.82, 2.24) is 0 Å². The molecule has 12 heavy (non-hydrogen) atoms. The van der Waals surface area contributed by atoms with Gasteiger partial charge < -0.3 is 28.7 Å². The first-order valence-corrected chi connectivity index (χ1v) is 4.30. The van der Waals surface area contributed by atoms with Gasteiger partial charge in [-0.05, 0) is 0 Å². The predicted octanol–water partition coefficient (Wildman–Crippen LogP) is -5.43. The maximum atomic E-state index is 10.1. The molecule has 0 saturated heterocycles. The molecule has 0 unspecified atom stereocenters. The summed E-state index contributed by atoms with van der Waals surface area (Å²) in [6.07, 6.45) is 0. The first kappa shape index (κ1) is 23.5. The van der Waals surface area contributed by atoms with Crippen LogP contribution in [0.15, 0.2) is 0 Å². The molecule has 0 aliphatic rings. The number of hydrogen-bond acceptors (Lipinski definition) is 6. The number of hydrogen-bond donors (Lipinski definition) is 0. The van der Waals surface area contributed by atoms with E-state index in [4.69, 9.17) is 28.7 Å². The first-order valence-electron chi connectivity index (χ1n) is 1.43. The Bertz CT molecular complexity index is 136. The van der Waals surface area contributed by atoms with Crippen LogP contribution >= 0.6 is 15.8 Å². The van der Waals surface area contributed by atoms with E-state index in [1.807, 2.05) is 0 Å². The van der Waals surface area contributed by atoms with Gasteiger partial charge in [-0.2, -0.15) is 0 Å². The Kier molecular flexibility index (Phi) is 18.2. The predicted molar refractivity (Wildman–Crippen MR) is 17.4 cm³/mol. The SMILES string of the molecule is O=P([O-])([O-])F.O=P([O-])([O-])F.[Na+].[V+3]. The molecular formula is F2NaO6P2V. The molecule has 0 radical (unpaired) electrons. The van der Waals surface area contributed by atoms with Gasteiger partial charge in [-0.1, -0.05) is 0 Å². The van der Waals surface area contributed by atoms with E-state index in [0.29, 0.717) is 0 Å². The van der Waals surface area contributed by atoms with E-state index in [9.17, 15) is 8.39 Å². The number of rotatable bonds is 0. The van der Waals surface area contributed by atoms with Gasteiger partial charge in [0, 0.05) is 0 Å². The van der Waals surface area contributed by atoms with Crippen LogP contribution in [0.4, 0.5) is 8.39 Å². The standard InChI is InChI=1S/2FH2O3P.Na.V/c2*1-5(2,3)4;;/h2*(H2,2,3,4);;/q;;+1;+3/p-4. The van der Waals surface area contributed by atoms with Gasteiger partial charge in [0.2, 0.25) is 0 Å². The molecule has 0 aliphatic heterocycles. The second-order valence-electron chi connectivity index (χ2n) is 0.861. The van der Waals surface area contributed by atoms with Crippen LogP contribution in [0.5, 0.6) is 0 Å². The van der Waals surface area contributed by atoms with Crippen LogP contribution in [0.1, 0.15) is 0 Å². The molecule has 0 spiro atoms. The van der Waals surface area contributed by atoms with Crippen LogP contribution < -0.4 is 49.1 Å². The zero-order chi connectivity index (χ0) is 9.00. The Hall–Kier alpha value is 1.74. The summed E-state index contributed by atoms with van der Waals surface area (Å²) >= 11 is 0. The second kappa shape index (κ2) is 9.31. The van der Waals surface area contributed by atoms with Gasteiger partial charge in [0.25, 0.3) is 0 Å². The monoisotopic (exact) mass is 270 g/mol. The van der Waals surface area contributed by atoms with Gasteiger partial charge in [0.15, 0.2) is 0 Å². The summed E-state index contributed by atoms with van der Waals surface area (Å²) in [4.78, 5) is 33.8. The van der Waals surface area contributed by atoms with E-state index in [2.05, 4.69) is 0 Å². The molecule has 0 aromatic carbocycles. The van der Waals surface area contributed by atoms with Crippen molar-refractivity contribution < 1.29 is 85.2 Å². The molecule has 0 aromatic rings.